The number of carbonyl (C=O) groups excluding carboxylic acids is 6. The number of nitrogens with zero attached hydrogens (tertiary/aromatic N) is 5. The highest BCUT2D eigenvalue weighted by atomic mass is 16.7. The summed E-state index contributed by atoms with van der Waals surface area (Å²) in [7, 11) is 0. The van der Waals surface area contributed by atoms with Crippen LogP contribution < -0.4 is 22.1 Å². The summed E-state index contributed by atoms with van der Waals surface area (Å²) in [6, 6.07) is 6.28. The van der Waals surface area contributed by atoms with Gasteiger partial charge < -0.3 is 46.5 Å². The van der Waals surface area contributed by atoms with Crippen LogP contribution in [0.2, 0.25) is 0 Å². The Bertz CT molecular complexity index is 2100. The maximum atomic E-state index is 13.9. The third-order valence-electron chi connectivity index (χ3n) is 11.2. The van der Waals surface area contributed by atoms with Crippen molar-refractivity contribution in [2.45, 2.75) is 63.3 Å². The van der Waals surface area contributed by atoms with Crippen LogP contribution in [0.4, 0.5) is 11.4 Å². The number of pyridine rings is 1. The van der Waals surface area contributed by atoms with E-state index in [1.54, 1.807) is 22.1 Å². The molecule has 0 bridgehead atoms. The van der Waals surface area contributed by atoms with E-state index in [1.165, 1.54) is 0 Å². The van der Waals surface area contributed by atoms with Crippen molar-refractivity contribution in [1.29, 1.82) is 0 Å². The number of benzene rings is 1. The molecule has 6 amide bonds. The van der Waals surface area contributed by atoms with Gasteiger partial charge in [0.1, 0.15) is 11.9 Å². The zero-order valence-electron chi connectivity index (χ0n) is 32.9. The molecule has 1 aromatic carbocycles. The van der Waals surface area contributed by atoms with E-state index in [2.05, 4.69) is 20.6 Å². The lowest BCUT2D eigenvalue weighted by Gasteiger charge is -2.35. The molecule has 7 N–H and O–H groups in total. The summed E-state index contributed by atoms with van der Waals surface area (Å²) >= 11 is 0. The standard InChI is InChI=1S/C41H49N9O9/c1-2-10-48(12-13-51)38(55)25-14-24-3-4-28(17-31(24)47-33(43)16-25)41(8-9-41)40(57)46-29-15-26-21-49(11-7-30(26)44-19-29)39(56)27-22-58-36(59-23-27)20-45-37(54)32(18-42)50-34(52)5-6-35(50)53/h3-6,14-15,17,19,27,32,36,51H,2,7-13,16,18,20-23,42H2,1H3,(H2,43,47)(H,45,54)(H,46,57)/t27?,32-,36?/m0/s1. The molecule has 18 heteroatoms. The Hall–Kier alpha value is -5.82. The lowest BCUT2D eigenvalue weighted by molar-refractivity contribution is -0.203. The summed E-state index contributed by atoms with van der Waals surface area (Å²) in [4.78, 5) is 90.9. The normalized spacial score (nSPS) is 21.1. The predicted octanol–water partition coefficient (Wildman–Crippen LogP) is 0.000900. The van der Waals surface area contributed by atoms with Gasteiger partial charge in [0.25, 0.3) is 11.8 Å². The number of amides is 6. The van der Waals surface area contributed by atoms with Crippen LogP contribution >= 0.6 is 0 Å². The van der Waals surface area contributed by atoms with Gasteiger partial charge in [-0.1, -0.05) is 19.1 Å². The minimum Gasteiger partial charge on any atom is -0.395 e. The van der Waals surface area contributed by atoms with E-state index in [-0.39, 0.29) is 76.0 Å². The van der Waals surface area contributed by atoms with E-state index < -0.39 is 41.4 Å². The van der Waals surface area contributed by atoms with Crippen LogP contribution in [0.15, 0.2) is 53.2 Å². The number of carbonyl (C=O) groups is 6. The molecule has 2 aromatic rings. The molecule has 4 aliphatic heterocycles. The molecular weight excluding hydrogens is 763 g/mol. The summed E-state index contributed by atoms with van der Waals surface area (Å²) in [6.45, 7) is 3.10. The molecule has 0 radical (unpaired) electrons. The second-order valence-corrected chi connectivity index (χ2v) is 15.3. The minimum absolute atomic E-state index is 0.0604. The van der Waals surface area contributed by atoms with Crippen molar-refractivity contribution in [3.63, 3.8) is 0 Å². The molecule has 59 heavy (non-hydrogen) atoms. The van der Waals surface area contributed by atoms with Gasteiger partial charge in [0.2, 0.25) is 23.6 Å². The number of ether oxygens (including phenoxy) is 2. The van der Waals surface area contributed by atoms with Crippen LogP contribution in [0.5, 0.6) is 0 Å². The number of fused-ring (bicyclic) bond motifs is 2. The number of aromatic nitrogens is 1. The average Bonchev–Trinajstić information content (AvgIpc) is 4.02. The largest absolute Gasteiger partial charge is 0.395 e. The molecule has 0 spiro atoms. The van der Waals surface area contributed by atoms with Gasteiger partial charge in [-0.05, 0) is 48.6 Å². The quantitative estimate of drug-likeness (QED) is 0.158. The molecular formula is C41H49N9O9. The molecule has 1 atom stereocenters. The Morgan fingerprint density at radius 3 is 2.51 bits per heavy atom. The second-order valence-electron chi connectivity index (χ2n) is 15.3. The molecule has 0 unspecified atom stereocenters. The van der Waals surface area contributed by atoms with E-state index in [9.17, 15) is 33.9 Å². The highest BCUT2D eigenvalue weighted by Gasteiger charge is 2.51. The van der Waals surface area contributed by atoms with Crippen LogP contribution in [-0.4, -0.2) is 131 Å². The lowest BCUT2D eigenvalue weighted by Crippen LogP contribution is -2.55. The van der Waals surface area contributed by atoms with Gasteiger partial charge in [0, 0.05) is 74.5 Å². The molecule has 1 saturated heterocycles. The third kappa shape index (κ3) is 8.80. The maximum absolute atomic E-state index is 13.9. The predicted molar refractivity (Wildman–Crippen MR) is 213 cm³/mol. The van der Waals surface area contributed by atoms with Crippen LogP contribution in [0.25, 0.3) is 6.08 Å². The van der Waals surface area contributed by atoms with Crippen molar-refractivity contribution < 1.29 is 43.3 Å². The fourth-order valence-corrected chi connectivity index (χ4v) is 7.85. The Labute approximate surface area is 340 Å². The van der Waals surface area contributed by atoms with E-state index in [0.717, 1.165) is 40.3 Å². The number of nitrogens with two attached hydrogens (primary N) is 2. The van der Waals surface area contributed by atoms with Gasteiger partial charge >= 0.3 is 0 Å². The van der Waals surface area contributed by atoms with Gasteiger partial charge in [0.15, 0.2) is 6.29 Å². The Kier molecular flexibility index (Phi) is 12.3. The van der Waals surface area contributed by atoms with E-state index in [0.29, 0.717) is 54.9 Å². The lowest BCUT2D eigenvalue weighted by atomic mass is 9.92. The zero-order valence-corrected chi connectivity index (χ0v) is 32.9. The number of hydrogen-bond acceptors (Lipinski definition) is 13. The summed E-state index contributed by atoms with van der Waals surface area (Å²) < 4.78 is 11.5. The zero-order chi connectivity index (χ0) is 41.8. The van der Waals surface area contributed by atoms with E-state index in [4.69, 9.17) is 20.9 Å². The SMILES string of the molecule is CCCN(CCO)C(=O)C1=Cc2ccc(C3(C(=O)Nc4cnc5c(c4)CN(C(=O)C4COC(CNC(=O)[C@H](CN)N6C(=O)C=CC6=O)OC4)CC5)CC3)cc2N=C(N)C1. The first kappa shape index (κ1) is 41.3. The van der Waals surface area contributed by atoms with Crippen LogP contribution in [-0.2, 0) is 56.6 Å². The Balaban J connectivity index is 0.940. The number of aliphatic imine (C=N–C) groups is 1. The first-order valence-corrected chi connectivity index (χ1v) is 19.9. The summed E-state index contributed by atoms with van der Waals surface area (Å²) in [5, 5.41) is 15.1. The molecule has 18 nitrogen and oxygen atoms in total. The van der Waals surface area contributed by atoms with Gasteiger partial charge in [-0.15, -0.1) is 0 Å². The van der Waals surface area contributed by atoms with Gasteiger partial charge in [-0.25, -0.2) is 4.99 Å². The van der Waals surface area contributed by atoms with Crippen LogP contribution in [0.3, 0.4) is 0 Å². The fraction of sp³-hybridized carbons (Fsp3) is 0.463. The highest BCUT2D eigenvalue weighted by Crippen LogP contribution is 2.50. The number of hydrogen-bond donors (Lipinski definition) is 5. The number of nitrogens with one attached hydrogen (secondary N) is 2. The summed E-state index contributed by atoms with van der Waals surface area (Å²) in [5.74, 6) is -2.70. The van der Waals surface area contributed by atoms with E-state index >= 15 is 0 Å². The minimum atomic E-state index is -1.18. The third-order valence-corrected chi connectivity index (χ3v) is 11.2. The van der Waals surface area contributed by atoms with Gasteiger partial charge in [-0.2, -0.15) is 0 Å². The van der Waals surface area contributed by atoms with Gasteiger partial charge in [0.05, 0.1) is 55.3 Å². The molecule has 1 saturated carbocycles. The monoisotopic (exact) mass is 811 g/mol. The number of anilines is 1. The molecule has 1 aliphatic carbocycles. The van der Waals surface area contributed by atoms with Crippen molar-refractivity contribution in [1.82, 2.24) is 25.0 Å². The molecule has 5 heterocycles. The second kappa shape index (κ2) is 17.6. The first-order chi connectivity index (χ1) is 28.4. The number of rotatable bonds is 14. The Morgan fingerprint density at radius 1 is 1.08 bits per heavy atom. The van der Waals surface area contributed by atoms with Crippen molar-refractivity contribution >= 4 is 58.7 Å². The average molecular weight is 812 g/mol. The van der Waals surface area contributed by atoms with Crippen molar-refractivity contribution in [2.24, 2.45) is 22.4 Å². The fourth-order valence-electron chi connectivity index (χ4n) is 7.85. The van der Waals surface area contributed by atoms with Gasteiger partial charge in [-0.3, -0.25) is 38.7 Å². The van der Waals surface area contributed by atoms with E-state index in [1.807, 2.05) is 31.2 Å². The van der Waals surface area contributed by atoms with Crippen molar-refractivity contribution in [2.75, 3.05) is 57.9 Å². The molecule has 1 aromatic heterocycles. The van der Waals surface area contributed by atoms with Crippen LogP contribution in [0, 0.1) is 5.92 Å². The molecule has 7 rings (SSSR count). The number of amidine groups is 1. The molecule has 5 aliphatic rings. The molecule has 312 valence electrons. The summed E-state index contributed by atoms with van der Waals surface area (Å²) in [5.41, 5.74) is 15.9. The smallest absolute Gasteiger partial charge is 0.254 e. The number of imide groups is 1. The van der Waals surface area contributed by atoms with Crippen molar-refractivity contribution in [3.05, 3.63) is 70.6 Å². The molecule has 2 fully saturated rings. The topological polar surface area (TPSA) is 252 Å². The Morgan fingerprint density at radius 2 is 1.83 bits per heavy atom. The summed E-state index contributed by atoms with van der Waals surface area (Å²) in [6.07, 6.45) is 7.45. The first-order valence-electron chi connectivity index (χ1n) is 19.9. The number of aliphatic hydroxyl groups excluding tert-OH is 1. The number of aliphatic hydroxyl groups is 1. The highest BCUT2D eigenvalue weighted by molar-refractivity contribution is 6.15. The van der Waals surface area contributed by atoms with Crippen LogP contribution in [0.1, 0.15) is 55.0 Å². The maximum Gasteiger partial charge on any atom is 0.254 e. The van der Waals surface area contributed by atoms with Crippen molar-refractivity contribution in [3.8, 4) is 0 Å².